The van der Waals surface area contributed by atoms with Crippen LogP contribution < -0.4 is 5.32 Å². The fourth-order valence-corrected chi connectivity index (χ4v) is 2.16. The molecule has 1 N–H and O–H groups in total. The quantitative estimate of drug-likeness (QED) is 0.670. The van der Waals surface area contributed by atoms with Crippen molar-refractivity contribution in [2.75, 3.05) is 53.1 Å². The van der Waals surface area contributed by atoms with Crippen molar-refractivity contribution < 1.29 is 9.47 Å². The van der Waals surface area contributed by atoms with Gasteiger partial charge in [-0.3, -0.25) is 4.90 Å². The van der Waals surface area contributed by atoms with Crippen LogP contribution >= 0.6 is 0 Å². The number of imidazole rings is 1. The molecule has 108 valence electrons. The summed E-state index contributed by atoms with van der Waals surface area (Å²) in [6.45, 7) is 8.28. The van der Waals surface area contributed by atoms with Crippen LogP contribution in [0.2, 0.25) is 0 Å². The van der Waals surface area contributed by atoms with Crippen molar-refractivity contribution in [1.82, 2.24) is 19.8 Å². The van der Waals surface area contributed by atoms with Gasteiger partial charge in [-0.05, 0) is 0 Å². The lowest BCUT2D eigenvalue weighted by atomic mass is 10.4. The summed E-state index contributed by atoms with van der Waals surface area (Å²) in [5.74, 6) is 0. The first-order chi connectivity index (χ1) is 9.40. The fourth-order valence-electron chi connectivity index (χ4n) is 2.16. The molecular formula is C13H24N4O2. The second-order valence-corrected chi connectivity index (χ2v) is 4.70. The highest BCUT2D eigenvalue weighted by atomic mass is 16.5. The van der Waals surface area contributed by atoms with Crippen molar-refractivity contribution in [3.05, 3.63) is 18.2 Å². The average molecular weight is 268 g/mol. The van der Waals surface area contributed by atoms with E-state index in [-0.39, 0.29) is 0 Å². The lowest BCUT2D eigenvalue weighted by molar-refractivity contribution is 0.0363. The number of rotatable bonds is 8. The number of morpholine rings is 1. The van der Waals surface area contributed by atoms with Crippen LogP contribution in [0.5, 0.6) is 0 Å². The Morgan fingerprint density at radius 1 is 1.37 bits per heavy atom. The fraction of sp³-hybridized carbons (Fsp3) is 0.769. The molecule has 0 spiro atoms. The highest BCUT2D eigenvalue weighted by molar-refractivity contribution is 4.98. The van der Waals surface area contributed by atoms with E-state index in [0.29, 0.717) is 0 Å². The molecule has 0 unspecified atom stereocenters. The van der Waals surface area contributed by atoms with Crippen molar-refractivity contribution in [2.24, 2.45) is 0 Å². The van der Waals surface area contributed by atoms with Gasteiger partial charge in [0, 0.05) is 52.6 Å². The topological polar surface area (TPSA) is 51.5 Å². The molecule has 0 saturated carbocycles. The van der Waals surface area contributed by atoms with Gasteiger partial charge in [-0.15, -0.1) is 0 Å². The number of hydrogen-bond donors (Lipinski definition) is 1. The maximum absolute atomic E-state index is 5.35. The van der Waals surface area contributed by atoms with Crippen LogP contribution in [0.25, 0.3) is 0 Å². The summed E-state index contributed by atoms with van der Waals surface area (Å²) in [4.78, 5) is 6.67. The molecule has 0 amide bonds. The Morgan fingerprint density at radius 2 is 2.21 bits per heavy atom. The molecule has 1 aliphatic heterocycles. The Labute approximate surface area is 114 Å². The second-order valence-electron chi connectivity index (χ2n) is 4.70. The standard InChI is InChI=1S/C13H24N4O2/c1-18-7-2-14-10-13-11-15-12-17(13)4-3-16-5-8-19-9-6-16/h11-12,14H,2-10H2,1H3. The van der Waals surface area contributed by atoms with Crippen LogP contribution in [0.3, 0.4) is 0 Å². The summed E-state index contributed by atoms with van der Waals surface area (Å²) in [5.41, 5.74) is 1.23. The Morgan fingerprint density at radius 3 is 3.00 bits per heavy atom. The first-order valence-electron chi connectivity index (χ1n) is 6.89. The van der Waals surface area contributed by atoms with Gasteiger partial charge < -0.3 is 19.4 Å². The van der Waals surface area contributed by atoms with Crippen molar-refractivity contribution in [3.8, 4) is 0 Å². The minimum Gasteiger partial charge on any atom is -0.383 e. The SMILES string of the molecule is COCCNCc1cncn1CCN1CCOCC1. The van der Waals surface area contributed by atoms with Crippen molar-refractivity contribution in [3.63, 3.8) is 0 Å². The molecule has 1 aromatic rings. The molecule has 1 aromatic heterocycles. The minimum atomic E-state index is 0.738. The van der Waals surface area contributed by atoms with Crippen molar-refractivity contribution in [2.45, 2.75) is 13.1 Å². The summed E-state index contributed by atoms with van der Waals surface area (Å²) in [6.07, 6.45) is 3.84. The summed E-state index contributed by atoms with van der Waals surface area (Å²) in [7, 11) is 1.72. The third-order valence-electron chi connectivity index (χ3n) is 3.35. The van der Waals surface area contributed by atoms with Crippen LogP contribution in [0.4, 0.5) is 0 Å². The van der Waals surface area contributed by atoms with Crippen molar-refractivity contribution >= 4 is 0 Å². The monoisotopic (exact) mass is 268 g/mol. The van der Waals surface area contributed by atoms with Gasteiger partial charge in [0.1, 0.15) is 0 Å². The summed E-state index contributed by atoms with van der Waals surface area (Å²) in [6, 6.07) is 0. The molecule has 0 radical (unpaired) electrons. The van der Waals surface area contributed by atoms with Crippen LogP contribution in [-0.4, -0.2) is 67.6 Å². The van der Waals surface area contributed by atoms with E-state index in [0.717, 1.165) is 59.1 Å². The highest BCUT2D eigenvalue weighted by Gasteiger charge is 2.10. The van der Waals surface area contributed by atoms with Gasteiger partial charge in [0.05, 0.1) is 31.8 Å². The number of methoxy groups -OCH3 is 1. The molecule has 1 saturated heterocycles. The Bertz CT molecular complexity index is 350. The van der Waals surface area contributed by atoms with E-state index in [9.17, 15) is 0 Å². The van der Waals surface area contributed by atoms with Gasteiger partial charge in [-0.25, -0.2) is 4.98 Å². The normalized spacial score (nSPS) is 16.9. The Hall–Kier alpha value is -0.950. The second kappa shape index (κ2) is 8.27. The molecule has 2 rings (SSSR count). The molecule has 6 nitrogen and oxygen atoms in total. The van der Waals surface area contributed by atoms with E-state index in [1.165, 1.54) is 5.69 Å². The first kappa shape index (κ1) is 14.5. The molecule has 0 aliphatic carbocycles. The van der Waals surface area contributed by atoms with Crippen LogP contribution in [0.1, 0.15) is 5.69 Å². The number of nitrogens with zero attached hydrogens (tertiary/aromatic N) is 3. The number of nitrogens with one attached hydrogen (secondary N) is 1. The molecule has 19 heavy (non-hydrogen) atoms. The molecule has 6 heteroatoms. The van der Waals surface area contributed by atoms with Gasteiger partial charge in [0.2, 0.25) is 0 Å². The Kier molecular flexibility index (Phi) is 6.29. The van der Waals surface area contributed by atoms with Gasteiger partial charge in [0.25, 0.3) is 0 Å². The van der Waals surface area contributed by atoms with Gasteiger partial charge in [0.15, 0.2) is 0 Å². The minimum absolute atomic E-state index is 0.738. The summed E-state index contributed by atoms with van der Waals surface area (Å²) < 4.78 is 12.6. The van der Waals surface area contributed by atoms with Crippen LogP contribution in [0, 0.1) is 0 Å². The number of hydrogen-bond acceptors (Lipinski definition) is 5. The molecule has 1 aliphatic rings. The third-order valence-corrected chi connectivity index (χ3v) is 3.35. The van der Waals surface area contributed by atoms with E-state index in [2.05, 4.69) is 19.8 Å². The van der Waals surface area contributed by atoms with Crippen molar-refractivity contribution in [1.29, 1.82) is 0 Å². The van der Waals surface area contributed by atoms with E-state index in [1.54, 1.807) is 7.11 Å². The van der Waals surface area contributed by atoms with E-state index in [1.807, 2.05) is 12.5 Å². The maximum Gasteiger partial charge on any atom is 0.0949 e. The predicted octanol–water partition coefficient (Wildman–Crippen LogP) is -0.0487. The number of ether oxygens (including phenoxy) is 2. The van der Waals surface area contributed by atoms with E-state index < -0.39 is 0 Å². The van der Waals surface area contributed by atoms with E-state index >= 15 is 0 Å². The predicted molar refractivity (Wildman–Crippen MR) is 73.1 cm³/mol. The van der Waals surface area contributed by atoms with Crippen LogP contribution in [-0.2, 0) is 22.6 Å². The molecule has 0 bridgehead atoms. The zero-order chi connectivity index (χ0) is 13.3. The molecule has 0 atom stereocenters. The summed E-state index contributed by atoms with van der Waals surface area (Å²) in [5, 5.41) is 3.35. The molecule has 2 heterocycles. The van der Waals surface area contributed by atoms with Gasteiger partial charge >= 0.3 is 0 Å². The summed E-state index contributed by atoms with van der Waals surface area (Å²) >= 11 is 0. The zero-order valence-corrected chi connectivity index (χ0v) is 11.7. The maximum atomic E-state index is 5.35. The lowest BCUT2D eigenvalue weighted by Gasteiger charge is -2.26. The molecule has 1 fully saturated rings. The first-order valence-corrected chi connectivity index (χ1v) is 6.89. The smallest absolute Gasteiger partial charge is 0.0949 e. The zero-order valence-electron chi connectivity index (χ0n) is 11.7. The average Bonchev–Trinajstić information content (AvgIpc) is 2.90. The third kappa shape index (κ3) is 4.91. The Balaban J connectivity index is 1.72. The van der Waals surface area contributed by atoms with Crippen LogP contribution in [0.15, 0.2) is 12.5 Å². The molecular weight excluding hydrogens is 244 g/mol. The molecule has 0 aromatic carbocycles. The highest BCUT2D eigenvalue weighted by Crippen LogP contribution is 2.02. The van der Waals surface area contributed by atoms with Gasteiger partial charge in [-0.2, -0.15) is 0 Å². The largest absolute Gasteiger partial charge is 0.383 e. The lowest BCUT2D eigenvalue weighted by Crippen LogP contribution is -2.38. The van der Waals surface area contributed by atoms with E-state index in [4.69, 9.17) is 9.47 Å². The van der Waals surface area contributed by atoms with Gasteiger partial charge in [-0.1, -0.05) is 0 Å². The number of aromatic nitrogens is 2.